The van der Waals surface area contributed by atoms with E-state index >= 15 is 0 Å². The lowest BCUT2D eigenvalue weighted by Gasteiger charge is -2.61. The Bertz CT molecular complexity index is 1930. The van der Waals surface area contributed by atoms with Crippen molar-refractivity contribution in [1.82, 2.24) is 0 Å². The highest BCUT2D eigenvalue weighted by molar-refractivity contribution is 5.88. The van der Waals surface area contributed by atoms with Gasteiger partial charge in [-0.25, -0.2) is 4.79 Å². The van der Waals surface area contributed by atoms with Crippen LogP contribution in [0.4, 0.5) is 0 Å². The first-order valence-corrected chi connectivity index (χ1v) is 25.7. The van der Waals surface area contributed by atoms with E-state index in [1.807, 2.05) is 27.7 Å². The fourth-order valence-corrected chi connectivity index (χ4v) is 14.4. The number of aliphatic hydroxyl groups excluding tert-OH is 5. The molecule has 0 aromatic carbocycles. The Morgan fingerprint density at radius 2 is 1.46 bits per heavy atom. The van der Waals surface area contributed by atoms with Crippen molar-refractivity contribution in [2.45, 2.75) is 236 Å². The SMILES string of the molecule is C/C=C(\C)C(=O)O[C@@H]1[C@@H](OC(=O)[C@H](C)CC)[C@@H]2[C@@]3(C)CC[C@H](O[C@H]4C[C@@H](OC)[C@H](O[C@@H]5O[C@H](C)[C@@H](O[C@@H]6O[C@H](CO)[C@@H](O)[C@H](O)[C@H]6O)[C@@H](OC)[C@H]5O)[C@@H](C)O4)C[C@@H]3CC[C@]23O[C@@]32CC[C@@H](C(C)=O)[C@@]12C. The van der Waals surface area contributed by atoms with Crippen LogP contribution in [0.5, 0.6) is 0 Å². The van der Waals surface area contributed by atoms with Crippen LogP contribution < -0.4 is 0 Å². The molecule has 0 aromatic heterocycles. The van der Waals surface area contributed by atoms with Crippen LogP contribution in [0.2, 0.25) is 0 Å². The zero-order valence-corrected chi connectivity index (χ0v) is 42.7. The number of ketones is 1. The Morgan fingerprint density at radius 1 is 0.771 bits per heavy atom. The number of hydrogen-bond donors (Lipinski definition) is 5. The molecule has 0 unspecified atom stereocenters. The van der Waals surface area contributed by atoms with E-state index in [0.29, 0.717) is 56.9 Å². The van der Waals surface area contributed by atoms with Crippen LogP contribution in [0.1, 0.15) is 120 Å². The number of epoxide rings is 1. The number of esters is 2. The Balaban J connectivity index is 0.960. The summed E-state index contributed by atoms with van der Waals surface area (Å²) < 4.78 is 69.6. The third kappa shape index (κ3) is 8.74. The molecular formula is C51H80O19. The van der Waals surface area contributed by atoms with Crippen LogP contribution >= 0.6 is 0 Å². The lowest BCUT2D eigenvalue weighted by atomic mass is 9.43. The van der Waals surface area contributed by atoms with Crippen molar-refractivity contribution in [2.24, 2.45) is 34.5 Å². The number of Topliss-reactive ketones (excluding diaryl/α,β-unsaturated/α-hetero) is 1. The highest BCUT2D eigenvalue weighted by atomic mass is 16.8. The lowest BCUT2D eigenvalue weighted by molar-refractivity contribution is -0.371. The average molecular weight is 997 g/mol. The molecule has 0 bridgehead atoms. The summed E-state index contributed by atoms with van der Waals surface area (Å²) >= 11 is 0. The van der Waals surface area contributed by atoms with Crippen LogP contribution in [-0.4, -0.2) is 180 Å². The first-order valence-electron chi connectivity index (χ1n) is 25.7. The minimum absolute atomic E-state index is 0.00946. The van der Waals surface area contributed by atoms with E-state index in [1.165, 1.54) is 7.11 Å². The van der Waals surface area contributed by atoms with Gasteiger partial charge in [-0.3, -0.25) is 9.59 Å². The molecule has 4 heterocycles. The van der Waals surface area contributed by atoms with E-state index in [0.717, 1.165) is 6.42 Å². The molecule has 5 N–H and O–H groups in total. The maximum absolute atomic E-state index is 14.0. The molecule has 4 aliphatic heterocycles. The maximum atomic E-state index is 14.0. The van der Waals surface area contributed by atoms with Crippen molar-refractivity contribution in [1.29, 1.82) is 0 Å². The normalized spacial score (nSPS) is 50.4. The van der Waals surface area contributed by atoms with Crippen LogP contribution in [0.3, 0.4) is 0 Å². The van der Waals surface area contributed by atoms with Gasteiger partial charge in [-0.05, 0) is 97.3 Å². The highest BCUT2D eigenvalue weighted by Crippen LogP contribution is 2.81. The molecule has 25 atom stereocenters. The number of methoxy groups -OCH3 is 2. The predicted octanol–water partition coefficient (Wildman–Crippen LogP) is 2.79. The predicted molar refractivity (Wildman–Crippen MR) is 244 cm³/mol. The van der Waals surface area contributed by atoms with Gasteiger partial charge in [0.25, 0.3) is 0 Å². The van der Waals surface area contributed by atoms with Gasteiger partial charge in [0, 0.05) is 43.5 Å². The molecule has 0 amide bonds. The van der Waals surface area contributed by atoms with Crippen molar-refractivity contribution in [3.05, 3.63) is 11.6 Å². The average Bonchev–Trinajstić information content (AvgIpc) is 3.88. The van der Waals surface area contributed by atoms with E-state index < -0.39 is 145 Å². The van der Waals surface area contributed by atoms with Crippen molar-refractivity contribution < 1.29 is 92.0 Å². The van der Waals surface area contributed by atoms with Gasteiger partial charge in [0.15, 0.2) is 18.9 Å². The van der Waals surface area contributed by atoms with Crippen molar-refractivity contribution in [3.63, 3.8) is 0 Å². The summed E-state index contributed by atoms with van der Waals surface area (Å²) in [6, 6.07) is 0. The Kier molecular flexibility index (Phi) is 15.8. The van der Waals surface area contributed by atoms with Crippen molar-refractivity contribution >= 4 is 17.7 Å². The third-order valence-corrected chi connectivity index (χ3v) is 18.6. The Labute approximate surface area is 411 Å². The number of aliphatic hydroxyl groups is 5. The molecular weight excluding hydrogens is 917 g/mol. The number of ether oxygens (including phenoxy) is 11. The second kappa shape index (κ2) is 20.5. The molecule has 4 saturated carbocycles. The van der Waals surface area contributed by atoms with Gasteiger partial charge in [0.2, 0.25) is 0 Å². The molecule has 2 spiro atoms. The zero-order valence-electron chi connectivity index (χ0n) is 42.7. The number of carbonyl (C=O) groups is 3. The second-order valence-electron chi connectivity index (χ2n) is 22.1. The third-order valence-electron chi connectivity index (χ3n) is 18.6. The molecule has 8 aliphatic rings. The first kappa shape index (κ1) is 54.1. The molecule has 4 aliphatic carbocycles. The van der Waals surface area contributed by atoms with Crippen molar-refractivity contribution in [2.75, 3.05) is 20.8 Å². The van der Waals surface area contributed by atoms with Gasteiger partial charge >= 0.3 is 11.9 Å². The Morgan fingerprint density at radius 3 is 2.10 bits per heavy atom. The summed E-state index contributed by atoms with van der Waals surface area (Å²) in [5, 5.41) is 52.4. The standard InChI is InChI=1S/C51H80O19/c1-12-23(3)44(58)66-41-42-48(8)17-15-29(20-28(48)14-18-50(42)51(70-50)19-16-30(25(5)53)49(51,9)43(41)69-45(59)24(4)13-2)64-33-21-31(60-10)38(26(6)62-33)67-47-37(57)40(61-11)39(27(7)63-47)68-46-36(56)35(55)34(54)32(22-52)65-46/h13,23,26-43,46-47,52,54-57H,12,14-22H2,1-11H3/b24-13+/t23-,26-,27-,28+,29+,30+,31-,32-,33+,34-,35+,36-,37-,38-,39-,40+,41+,42-,43-,46+,47+,48+,49+,50+,51-/m1/s1. The zero-order chi connectivity index (χ0) is 51.0. The quantitative estimate of drug-likeness (QED) is 0.0684. The number of hydrogen-bond acceptors (Lipinski definition) is 19. The number of fused-ring (bicyclic) bond motifs is 2. The lowest BCUT2D eigenvalue weighted by Crippen LogP contribution is -2.71. The van der Waals surface area contributed by atoms with Crippen molar-refractivity contribution in [3.8, 4) is 0 Å². The topological polar surface area (TPSA) is 257 Å². The van der Waals surface area contributed by atoms with Crippen LogP contribution in [0.15, 0.2) is 11.6 Å². The molecule has 70 heavy (non-hydrogen) atoms. The minimum atomic E-state index is -1.67. The molecule has 0 aromatic rings. The number of rotatable bonds is 15. The summed E-state index contributed by atoms with van der Waals surface area (Å²) in [4.78, 5) is 41.4. The van der Waals surface area contributed by atoms with E-state index in [1.54, 1.807) is 40.9 Å². The molecule has 4 saturated heterocycles. The van der Waals surface area contributed by atoms with E-state index in [2.05, 4.69) is 6.92 Å². The largest absolute Gasteiger partial charge is 0.458 e. The number of carbonyl (C=O) groups excluding carboxylic acids is 3. The summed E-state index contributed by atoms with van der Waals surface area (Å²) in [5.41, 5.74) is -2.29. The van der Waals surface area contributed by atoms with Crippen LogP contribution in [0.25, 0.3) is 0 Å². The first-order chi connectivity index (χ1) is 33.1. The monoisotopic (exact) mass is 997 g/mol. The van der Waals surface area contributed by atoms with Crippen LogP contribution in [0, 0.1) is 34.5 Å². The fraction of sp³-hybridized carbons (Fsp3) is 0.902. The van der Waals surface area contributed by atoms with Gasteiger partial charge in [0.05, 0.1) is 36.9 Å². The smallest absolute Gasteiger partial charge is 0.333 e. The van der Waals surface area contributed by atoms with E-state index in [-0.39, 0.29) is 29.7 Å². The highest BCUT2D eigenvalue weighted by Gasteiger charge is 2.91. The van der Waals surface area contributed by atoms with Gasteiger partial charge in [-0.1, -0.05) is 33.8 Å². The summed E-state index contributed by atoms with van der Waals surface area (Å²) in [5.74, 6) is -1.87. The summed E-state index contributed by atoms with van der Waals surface area (Å²) in [6.45, 7) is 16.0. The molecule has 398 valence electrons. The molecule has 0 radical (unpaired) electrons. The summed E-state index contributed by atoms with van der Waals surface area (Å²) in [6.07, 6.45) is -10.1. The maximum Gasteiger partial charge on any atom is 0.333 e. The van der Waals surface area contributed by atoms with E-state index in [4.69, 9.17) is 52.1 Å². The molecule has 8 rings (SSSR count). The molecule has 8 fully saturated rings. The van der Waals surface area contributed by atoms with Gasteiger partial charge < -0.3 is 77.6 Å². The minimum Gasteiger partial charge on any atom is -0.458 e. The molecule has 19 nitrogen and oxygen atoms in total. The van der Waals surface area contributed by atoms with Gasteiger partial charge in [-0.2, -0.15) is 0 Å². The number of allylic oxidation sites excluding steroid dienone is 1. The molecule has 19 heteroatoms. The second-order valence-corrected chi connectivity index (χ2v) is 22.1. The fourth-order valence-electron chi connectivity index (χ4n) is 14.4. The van der Waals surface area contributed by atoms with Gasteiger partial charge in [0.1, 0.15) is 78.0 Å². The summed E-state index contributed by atoms with van der Waals surface area (Å²) in [7, 11) is 2.95. The Hall–Kier alpha value is -2.21. The van der Waals surface area contributed by atoms with Gasteiger partial charge in [-0.15, -0.1) is 0 Å². The van der Waals surface area contributed by atoms with Crippen LogP contribution in [-0.2, 0) is 66.5 Å². The van der Waals surface area contributed by atoms with E-state index in [9.17, 15) is 39.9 Å².